The van der Waals surface area contributed by atoms with Crippen molar-refractivity contribution in [2.24, 2.45) is 0 Å². The number of aromatic nitrogens is 1. The van der Waals surface area contributed by atoms with Gasteiger partial charge in [-0.3, -0.25) is 9.69 Å². The first kappa shape index (κ1) is 17.9. The van der Waals surface area contributed by atoms with Crippen LogP contribution in [-0.2, 0) is 13.0 Å². The first-order valence-corrected chi connectivity index (χ1v) is 9.80. The van der Waals surface area contributed by atoms with Crippen LogP contribution in [0.25, 0.3) is 10.9 Å². The van der Waals surface area contributed by atoms with Crippen molar-refractivity contribution in [2.45, 2.75) is 38.6 Å². The van der Waals surface area contributed by atoms with Crippen molar-refractivity contribution < 1.29 is 9.18 Å². The van der Waals surface area contributed by atoms with Gasteiger partial charge in [0, 0.05) is 48.1 Å². The molecule has 0 saturated heterocycles. The number of carbonyl (C=O) groups is 1. The van der Waals surface area contributed by atoms with Crippen LogP contribution in [0.15, 0.2) is 48.5 Å². The molecule has 0 radical (unpaired) electrons. The average molecular weight is 364 g/mol. The van der Waals surface area contributed by atoms with Crippen molar-refractivity contribution in [3.05, 3.63) is 71.2 Å². The molecule has 1 N–H and O–H groups in total. The molecule has 0 atom stereocenters. The van der Waals surface area contributed by atoms with Gasteiger partial charge in [-0.2, -0.15) is 0 Å². The number of aromatic amines is 1. The van der Waals surface area contributed by atoms with Gasteiger partial charge in [0.05, 0.1) is 0 Å². The van der Waals surface area contributed by atoms with E-state index in [1.165, 1.54) is 34.3 Å². The number of H-pyrrole nitrogens is 1. The van der Waals surface area contributed by atoms with Crippen molar-refractivity contribution in [3.63, 3.8) is 0 Å². The Bertz CT molecular complexity index is 929. The van der Waals surface area contributed by atoms with Gasteiger partial charge in [0.1, 0.15) is 5.82 Å². The SMILES string of the molecule is O=C(CCCCCN1CCc2[nH]c3ccccc3c2C1)c1ccc(F)cc1. The van der Waals surface area contributed by atoms with Gasteiger partial charge in [-0.25, -0.2) is 4.39 Å². The second-order valence-electron chi connectivity index (χ2n) is 7.39. The maximum Gasteiger partial charge on any atom is 0.162 e. The highest BCUT2D eigenvalue weighted by Crippen LogP contribution is 2.27. The normalized spacial score (nSPS) is 14.4. The van der Waals surface area contributed by atoms with E-state index in [-0.39, 0.29) is 11.6 Å². The number of para-hydroxylation sites is 1. The third-order valence-corrected chi connectivity index (χ3v) is 5.51. The van der Waals surface area contributed by atoms with Crippen LogP contribution in [0.2, 0.25) is 0 Å². The zero-order valence-electron chi connectivity index (χ0n) is 15.5. The van der Waals surface area contributed by atoms with Crippen LogP contribution in [0.1, 0.15) is 47.3 Å². The molecule has 0 aliphatic carbocycles. The molecule has 1 aliphatic heterocycles. The molecule has 3 nitrogen and oxygen atoms in total. The Labute approximate surface area is 159 Å². The van der Waals surface area contributed by atoms with E-state index in [9.17, 15) is 9.18 Å². The van der Waals surface area contributed by atoms with Crippen LogP contribution in [0.4, 0.5) is 4.39 Å². The summed E-state index contributed by atoms with van der Waals surface area (Å²) in [5, 5.41) is 1.35. The number of nitrogens with zero attached hydrogens (tertiary/aromatic N) is 1. The first-order valence-electron chi connectivity index (χ1n) is 9.80. The third kappa shape index (κ3) is 4.11. The van der Waals surface area contributed by atoms with E-state index in [1.54, 1.807) is 12.1 Å². The lowest BCUT2D eigenvalue weighted by Crippen LogP contribution is -2.31. The van der Waals surface area contributed by atoms with Gasteiger partial charge in [-0.1, -0.05) is 24.6 Å². The molecule has 27 heavy (non-hydrogen) atoms. The van der Waals surface area contributed by atoms with Crippen LogP contribution in [0.5, 0.6) is 0 Å². The summed E-state index contributed by atoms with van der Waals surface area (Å²) in [6.45, 7) is 3.17. The highest BCUT2D eigenvalue weighted by molar-refractivity contribution is 5.95. The Morgan fingerprint density at radius 2 is 1.85 bits per heavy atom. The summed E-state index contributed by atoms with van der Waals surface area (Å²) in [6, 6.07) is 14.4. The molecule has 140 valence electrons. The minimum atomic E-state index is -0.300. The van der Waals surface area contributed by atoms with Crippen molar-refractivity contribution in [3.8, 4) is 0 Å². The van der Waals surface area contributed by atoms with Crippen LogP contribution >= 0.6 is 0 Å². The van der Waals surface area contributed by atoms with Gasteiger partial charge < -0.3 is 4.98 Å². The largest absolute Gasteiger partial charge is 0.358 e. The second-order valence-corrected chi connectivity index (χ2v) is 7.39. The van der Waals surface area contributed by atoms with E-state index in [2.05, 4.69) is 34.1 Å². The zero-order valence-corrected chi connectivity index (χ0v) is 15.5. The minimum absolute atomic E-state index is 0.108. The van der Waals surface area contributed by atoms with Crippen molar-refractivity contribution >= 4 is 16.7 Å². The summed E-state index contributed by atoms with van der Waals surface area (Å²) >= 11 is 0. The van der Waals surface area contributed by atoms with E-state index < -0.39 is 0 Å². The molecule has 0 unspecified atom stereocenters. The summed E-state index contributed by atoms with van der Waals surface area (Å²) in [5.41, 5.74) is 4.68. The van der Waals surface area contributed by atoms with E-state index >= 15 is 0 Å². The van der Waals surface area contributed by atoms with Gasteiger partial charge in [-0.05, 0) is 55.3 Å². The average Bonchev–Trinajstić information content (AvgIpc) is 3.06. The van der Waals surface area contributed by atoms with Crippen LogP contribution in [0.3, 0.4) is 0 Å². The number of fused-ring (bicyclic) bond motifs is 3. The lowest BCUT2D eigenvalue weighted by Gasteiger charge is -2.27. The molecule has 2 heterocycles. The number of halogens is 1. The number of rotatable bonds is 7. The molecule has 4 rings (SSSR count). The molecule has 0 fully saturated rings. The maximum absolute atomic E-state index is 12.9. The number of ketones is 1. The maximum atomic E-state index is 12.9. The number of carbonyl (C=O) groups excluding carboxylic acids is 1. The van der Waals surface area contributed by atoms with E-state index in [0.29, 0.717) is 12.0 Å². The Kier molecular flexibility index (Phi) is 5.35. The van der Waals surface area contributed by atoms with Gasteiger partial charge in [0.25, 0.3) is 0 Å². The summed E-state index contributed by atoms with van der Waals surface area (Å²) < 4.78 is 12.9. The fraction of sp³-hybridized carbons (Fsp3) is 0.348. The monoisotopic (exact) mass is 364 g/mol. The topological polar surface area (TPSA) is 36.1 Å². The summed E-state index contributed by atoms with van der Waals surface area (Å²) in [6.07, 6.45) is 4.66. The van der Waals surface area contributed by atoms with Crippen molar-refractivity contribution in [2.75, 3.05) is 13.1 Å². The Morgan fingerprint density at radius 3 is 2.70 bits per heavy atom. The van der Waals surface area contributed by atoms with Crippen LogP contribution in [-0.4, -0.2) is 28.8 Å². The zero-order chi connectivity index (χ0) is 18.6. The lowest BCUT2D eigenvalue weighted by molar-refractivity contribution is 0.0978. The lowest BCUT2D eigenvalue weighted by atomic mass is 10.0. The quantitative estimate of drug-likeness (QED) is 0.467. The van der Waals surface area contributed by atoms with Crippen LogP contribution in [0, 0.1) is 5.82 Å². The summed E-state index contributed by atoms with van der Waals surface area (Å²) in [7, 11) is 0. The molecular formula is C23H25FN2O. The highest BCUT2D eigenvalue weighted by Gasteiger charge is 2.19. The van der Waals surface area contributed by atoms with E-state index in [4.69, 9.17) is 0 Å². The molecule has 0 bridgehead atoms. The Balaban J connectivity index is 1.22. The molecular weight excluding hydrogens is 339 g/mol. The molecule has 0 spiro atoms. The molecule has 4 heteroatoms. The predicted molar refractivity (Wildman–Crippen MR) is 106 cm³/mol. The molecule has 1 aromatic heterocycles. The number of Topliss-reactive ketones (excluding diaryl/α,β-unsaturated/α-hetero) is 1. The van der Waals surface area contributed by atoms with E-state index in [0.717, 1.165) is 45.3 Å². The molecule has 1 aliphatic rings. The number of hydrogen-bond donors (Lipinski definition) is 1. The molecule has 0 amide bonds. The number of nitrogens with one attached hydrogen (secondary N) is 1. The second kappa shape index (κ2) is 8.05. The van der Waals surface area contributed by atoms with Gasteiger partial charge in [0.15, 0.2) is 5.78 Å². The smallest absolute Gasteiger partial charge is 0.162 e. The molecule has 3 aromatic rings. The van der Waals surface area contributed by atoms with Gasteiger partial charge in [0.2, 0.25) is 0 Å². The Morgan fingerprint density at radius 1 is 1.04 bits per heavy atom. The highest BCUT2D eigenvalue weighted by atomic mass is 19.1. The number of benzene rings is 2. The third-order valence-electron chi connectivity index (χ3n) is 5.51. The predicted octanol–water partition coefficient (Wildman–Crippen LogP) is 5.11. The number of hydrogen-bond acceptors (Lipinski definition) is 2. The van der Waals surface area contributed by atoms with Crippen molar-refractivity contribution in [1.82, 2.24) is 9.88 Å². The van der Waals surface area contributed by atoms with Gasteiger partial charge in [-0.15, -0.1) is 0 Å². The Hall–Kier alpha value is -2.46. The van der Waals surface area contributed by atoms with Crippen LogP contribution < -0.4 is 0 Å². The molecule has 2 aromatic carbocycles. The molecule has 0 saturated carbocycles. The standard InChI is InChI=1S/C23H25FN2O/c24-18-11-9-17(10-12-18)23(27)8-2-1-5-14-26-15-13-22-20(16-26)19-6-3-4-7-21(19)25-22/h3-4,6-7,9-12,25H,1-2,5,8,13-16H2. The summed E-state index contributed by atoms with van der Waals surface area (Å²) in [5.74, 6) is -0.192. The van der Waals surface area contributed by atoms with Crippen molar-refractivity contribution in [1.29, 1.82) is 0 Å². The fourth-order valence-corrected chi connectivity index (χ4v) is 3.99. The first-order chi connectivity index (χ1) is 13.2. The minimum Gasteiger partial charge on any atom is -0.358 e. The fourth-order valence-electron chi connectivity index (χ4n) is 3.99. The number of unbranched alkanes of at least 4 members (excludes halogenated alkanes) is 2. The van der Waals surface area contributed by atoms with E-state index in [1.807, 2.05) is 0 Å². The van der Waals surface area contributed by atoms with Gasteiger partial charge >= 0.3 is 0 Å². The summed E-state index contributed by atoms with van der Waals surface area (Å²) in [4.78, 5) is 18.2.